The van der Waals surface area contributed by atoms with Crippen LogP contribution in [0, 0.1) is 0 Å². The normalized spacial score (nSPS) is 12.8. The van der Waals surface area contributed by atoms with Crippen LogP contribution < -0.4 is 11.3 Å². The minimum Gasteiger partial charge on any atom is -0.271 e. The summed E-state index contributed by atoms with van der Waals surface area (Å²) in [4.78, 5) is 4.32. The Morgan fingerprint density at radius 1 is 1.28 bits per heavy atom. The van der Waals surface area contributed by atoms with Crippen LogP contribution in [0.25, 0.3) is 0 Å². The van der Waals surface area contributed by atoms with Crippen molar-refractivity contribution >= 4 is 0 Å². The number of hydrazine groups is 1. The van der Waals surface area contributed by atoms with Gasteiger partial charge in [-0.25, -0.2) is 4.98 Å². The largest absolute Gasteiger partial charge is 0.271 e. The summed E-state index contributed by atoms with van der Waals surface area (Å²) in [6.07, 6.45) is 9.77. The Bertz CT molecular complexity index is 310. The first-order chi connectivity index (χ1) is 8.81. The van der Waals surface area contributed by atoms with Crippen molar-refractivity contribution in [1.29, 1.82) is 0 Å². The molecule has 0 bridgehead atoms. The lowest BCUT2D eigenvalue weighted by atomic mass is 10.0. The zero-order valence-electron chi connectivity index (χ0n) is 11.7. The third-order valence-corrected chi connectivity index (χ3v) is 3.20. The Hall–Kier alpha value is -0.940. The highest BCUT2D eigenvalue weighted by Crippen LogP contribution is 2.09. The second-order valence-electron chi connectivity index (χ2n) is 4.82. The van der Waals surface area contributed by atoms with E-state index < -0.39 is 0 Å². The van der Waals surface area contributed by atoms with Crippen LogP contribution in [-0.2, 0) is 13.0 Å². The molecule has 1 rings (SSSR count). The van der Waals surface area contributed by atoms with E-state index in [-0.39, 0.29) is 0 Å². The van der Waals surface area contributed by atoms with Gasteiger partial charge in [0.1, 0.15) is 12.2 Å². The fourth-order valence-corrected chi connectivity index (χ4v) is 2.13. The molecule has 0 saturated carbocycles. The Balaban J connectivity index is 2.39. The molecule has 5 heteroatoms. The molecular weight excluding hydrogens is 226 g/mol. The molecule has 5 nitrogen and oxygen atoms in total. The fraction of sp³-hybridized carbons (Fsp3) is 0.846. The lowest BCUT2D eigenvalue weighted by Gasteiger charge is -2.15. The van der Waals surface area contributed by atoms with Crippen LogP contribution in [0.1, 0.15) is 58.2 Å². The average molecular weight is 253 g/mol. The van der Waals surface area contributed by atoms with E-state index in [0.717, 1.165) is 31.6 Å². The average Bonchev–Trinajstić information content (AvgIpc) is 2.81. The van der Waals surface area contributed by atoms with Crippen molar-refractivity contribution in [3.8, 4) is 0 Å². The molecule has 0 amide bonds. The van der Waals surface area contributed by atoms with E-state index in [1.54, 1.807) is 6.33 Å². The molecule has 1 aromatic heterocycles. The molecule has 0 aliphatic carbocycles. The predicted molar refractivity (Wildman–Crippen MR) is 73.9 cm³/mol. The second-order valence-corrected chi connectivity index (χ2v) is 4.82. The van der Waals surface area contributed by atoms with E-state index in [1.807, 2.05) is 4.68 Å². The summed E-state index contributed by atoms with van der Waals surface area (Å²) in [6, 6.07) is 0.307. The number of unbranched alkanes of at least 4 members (excludes halogenated alkanes) is 3. The highest BCUT2D eigenvalue weighted by Gasteiger charge is 2.12. The molecule has 0 spiro atoms. The number of aromatic nitrogens is 3. The summed E-state index contributed by atoms with van der Waals surface area (Å²) >= 11 is 0. The summed E-state index contributed by atoms with van der Waals surface area (Å²) in [5.41, 5.74) is 2.91. The number of rotatable bonds is 10. The number of hydrogen-bond donors (Lipinski definition) is 2. The van der Waals surface area contributed by atoms with E-state index in [9.17, 15) is 0 Å². The van der Waals surface area contributed by atoms with Crippen molar-refractivity contribution in [2.24, 2.45) is 5.84 Å². The Labute approximate surface area is 110 Å². The summed E-state index contributed by atoms with van der Waals surface area (Å²) in [5, 5.41) is 4.24. The summed E-state index contributed by atoms with van der Waals surface area (Å²) < 4.78 is 1.98. The van der Waals surface area contributed by atoms with Crippen LogP contribution in [0.2, 0.25) is 0 Å². The molecular formula is C13H27N5. The molecule has 1 heterocycles. The predicted octanol–water partition coefficient (Wildman–Crippen LogP) is 2.03. The van der Waals surface area contributed by atoms with Gasteiger partial charge in [-0.3, -0.25) is 16.0 Å². The molecule has 0 aromatic carbocycles. The molecule has 0 saturated heterocycles. The van der Waals surface area contributed by atoms with E-state index >= 15 is 0 Å². The molecule has 1 aromatic rings. The summed E-state index contributed by atoms with van der Waals surface area (Å²) in [6.45, 7) is 5.31. The number of nitrogens with zero attached hydrogens (tertiary/aromatic N) is 3. The Morgan fingerprint density at radius 2 is 2.11 bits per heavy atom. The van der Waals surface area contributed by atoms with E-state index in [2.05, 4.69) is 29.4 Å². The van der Waals surface area contributed by atoms with Crippen LogP contribution in [0.4, 0.5) is 0 Å². The number of nitrogens with one attached hydrogen (secondary N) is 1. The maximum atomic E-state index is 5.62. The SMILES string of the molecule is CCCCCCC(Cc1ncnn1CCC)NN. The topological polar surface area (TPSA) is 68.8 Å². The third-order valence-electron chi connectivity index (χ3n) is 3.20. The van der Waals surface area contributed by atoms with Gasteiger partial charge in [0, 0.05) is 19.0 Å². The van der Waals surface area contributed by atoms with Gasteiger partial charge in [-0.05, 0) is 12.8 Å². The lowest BCUT2D eigenvalue weighted by molar-refractivity contribution is 0.441. The molecule has 1 unspecified atom stereocenters. The van der Waals surface area contributed by atoms with Crippen molar-refractivity contribution in [1.82, 2.24) is 20.2 Å². The maximum absolute atomic E-state index is 5.62. The quantitative estimate of drug-likeness (QED) is 0.380. The van der Waals surface area contributed by atoms with Crippen molar-refractivity contribution in [3.05, 3.63) is 12.2 Å². The Morgan fingerprint density at radius 3 is 2.78 bits per heavy atom. The molecule has 0 radical (unpaired) electrons. The van der Waals surface area contributed by atoms with E-state index in [0.29, 0.717) is 6.04 Å². The number of hydrogen-bond acceptors (Lipinski definition) is 4. The molecule has 0 aliphatic heterocycles. The van der Waals surface area contributed by atoms with Crippen molar-refractivity contribution in [3.63, 3.8) is 0 Å². The van der Waals surface area contributed by atoms with Crippen molar-refractivity contribution < 1.29 is 0 Å². The smallest absolute Gasteiger partial charge is 0.138 e. The van der Waals surface area contributed by atoms with Gasteiger partial charge in [-0.2, -0.15) is 5.10 Å². The zero-order chi connectivity index (χ0) is 13.2. The van der Waals surface area contributed by atoms with Gasteiger partial charge in [0.2, 0.25) is 0 Å². The van der Waals surface area contributed by atoms with Crippen molar-refractivity contribution in [2.75, 3.05) is 0 Å². The molecule has 0 aliphatic rings. The van der Waals surface area contributed by atoms with Crippen LogP contribution in [0.15, 0.2) is 6.33 Å². The lowest BCUT2D eigenvalue weighted by Crippen LogP contribution is -2.37. The first kappa shape index (κ1) is 15.1. The van der Waals surface area contributed by atoms with Gasteiger partial charge in [0.25, 0.3) is 0 Å². The molecule has 1 atom stereocenters. The van der Waals surface area contributed by atoms with Crippen molar-refractivity contribution in [2.45, 2.75) is 71.4 Å². The second kappa shape index (κ2) is 9.05. The first-order valence-electron chi connectivity index (χ1n) is 7.14. The van der Waals surface area contributed by atoms with Crippen LogP contribution in [-0.4, -0.2) is 20.8 Å². The maximum Gasteiger partial charge on any atom is 0.138 e. The molecule has 104 valence electrons. The number of nitrogens with two attached hydrogens (primary N) is 1. The van der Waals surface area contributed by atoms with Gasteiger partial charge in [0.15, 0.2) is 0 Å². The van der Waals surface area contributed by atoms with Gasteiger partial charge >= 0.3 is 0 Å². The zero-order valence-corrected chi connectivity index (χ0v) is 11.7. The number of aryl methyl sites for hydroxylation is 1. The monoisotopic (exact) mass is 253 g/mol. The van der Waals surface area contributed by atoms with Gasteiger partial charge in [0.05, 0.1) is 0 Å². The first-order valence-corrected chi connectivity index (χ1v) is 7.14. The Kier molecular flexibility index (Phi) is 7.60. The standard InChI is InChI=1S/C13H27N5/c1-3-5-6-7-8-12(17-14)10-13-15-11-16-18(13)9-4-2/h11-12,17H,3-10,14H2,1-2H3. The fourth-order valence-electron chi connectivity index (χ4n) is 2.13. The van der Waals surface area contributed by atoms with Crippen LogP contribution >= 0.6 is 0 Å². The van der Waals surface area contributed by atoms with E-state index in [1.165, 1.54) is 25.7 Å². The highest BCUT2D eigenvalue weighted by atomic mass is 15.3. The van der Waals surface area contributed by atoms with Crippen LogP contribution in [0.5, 0.6) is 0 Å². The third kappa shape index (κ3) is 5.14. The van der Waals surface area contributed by atoms with Gasteiger partial charge < -0.3 is 0 Å². The minimum atomic E-state index is 0.307. The van der Waals surface area contributed by atoms with Crippen LogP contribution in [0.3, 0.4) is 0 Å². The highest BCUT2D eigenvalue weighted by molar-refractivity contribution is 4.89. The van der Waals surface area contributed by atoms with Gasteiger partial charge in [-0.15, -0.1) is 0 Å². The molecule has 18 heavy (non-hydrogen) atoms. The van der Waals surface area contributed by atoms with E-state index in [4.69, 9.17) is 5.84 Å². The molecule has 3 N–H and O–H groups in total. The molecule has 0 fully saturated rings. The summed E-state index contributed by atoms with van der Waals surface area (Å²) in [7, 11) is 0. The minimum absolute atomic E-state index is 0.307. The summed E-state index contributed by atoms with van der Waals surface area (Å²) in [5.74, 6) is 6.66. The van der Waals surface area contributed by atoms with Gasteiger partial charge in [-0.1, -0.05) is 39.5 Å².